The minimum Gasteiger partial charge on any atom is -0.451 e. The predicted octanol–water partition coefficient (Wildman–Crippen LogP) is 5.40. The topological polar surface area (TPSA) is 59.5 Å². The van der Waals surface area contributed by atoms with Gasteiger partial charge in [-0.15, -0.1) is 0 Å². The van der Waals surface area contributed by atoms with Crippen molar-refractivity contribution in [2.45, 2.75) is 0 Å². The van der Waals surface area contributed by atoms with Crippen molar-refractivity contribution in [3.8, 4) is 5.69 Å². The number of carbonyl (C=O) groups is 1. The molecule has 7 heteroatoms. The van der Waals surface area contributed by atoms with Gasteiger partial charge >= 0.3 is 5.91 Å². The summed E-state index contributed by atoms with van der Waals surface area (Å²) in [5, 5.41) is 5.56. The van der Waals surface area contributed by atoms with Gasteiger partial charge in [0.1, 0.15) is 5.58 Å². The van der Waals surface area contributed by atoms with Gasteiger partial charge in [-0.1, -0.05) is 27.5 Å². The number of hydrogen-bond donors (Lipinski definition) is 1. The molecule has 4 aromatic rings. The minimum absolute atomic E-state index is 0.202. The fourth-order valence-electron chi connectivity index (χ4n) is 2.67. The van der Waals surface area contributed by atoms with E-state index in [1.54, 1.807) is 18.3 Å². The average molecular weight is 443 g/mol. The van der Waals surface area contributed by atoms with Gasteiger partial charge in [-0.25, -0.2) is 5.43 Å². The fourth-order valence-corrected chi connectivity index (χ4v) is 3.18. The van der Waals surface area contributed by atoms with E-state index in [4.69, 9.17) is 16.0 Å². The Labute approximate surface area is 168 Å². The highest BCUT2D eigenvalue weighted by molar-refractivity contribution is 9.10. The summed E-state index contributed by atoms with van der Waals surface area (Å²) in [6, 6.07) is 18.5. The third kappa shape index (κ3) is 3.82. The molecule has 134 valence electrons. The highest BCUT2D eigenvalue weighted by Gasteiger charge is 2.11. The molecule has 0 aliphatic rings. The molecule has 0 fully saturated rings. The summed E-state index contributed by atoms with van der Waals surface area (Å²) in [7, 11) is 0. The van der Waals surface area contributed by atoms with Gasteiger partial charge in [0.05, 0.1) is 11.9 Å². The number of furan rings is 1. The SMILES string of the molecule is O=C(N/N=C/c1cccn1-c1ccc(Cl)cc1)c1cc2cc(Br)ccc2o1. The molecule has 0 radical (unpaired) electrons. The smallest absolute Gasteiger partial charge is 0.307 e. The molecule has 0 unspecified atom stereocenters. The molecule has 2 aromatic carbocycles. The molecule has 5 nitrogen and oxygen atoms in total. The van der Waals surface area contributed by atoms with E-state index in [-0.39, 0.29) is 5.76 Å². The van der Waals surface area contributed by atoms with Crippen molar-refractivity contribution in [2.75, 3.05) is 0 Å². The number of nitrogens with one attached hydrogen (secondary N) is 1. The van der Waals surface area contributed by atoms with Crippen LogP contribution < -0.4 is 5.43 Å². The molecule has 2 aromatic heterocycles. The number of aromatic nitrogens is 1. The van der Waals surface area contributed by atoms with Crippen LogP contribution in [0.2, 0.25) is 5.02 Å². The summed E-state index contributed by atoms with van der Waals surface area (Å²) in [5.41, 5.74) is 4.89. The van der Waals surface area contributed by atoms with Crippen LogP contribution in [0.4, 0.5) is 0 Å². The lowest BCUT2D eigenvalue weighted by molar-refractivity contribution is 0.0929. The van der Waals surface area contributed by atoms with Gasteiger partial charge in [0.2, 0.25) is 0 Å². The van der Waals surface area contributed by atoms with Crippen LogP contribution in [-0.2, 0) is 0 Å². The summed E-state index contributed by atoms with van der Waals surface area (Å²) in [4.78, 5) is 12.3. The van der Waals surface area contributed by atoms with Gasteiger partial charge in [0.15, 0.2) is 5.76 Å². The third-order valence-corrected chi connectivity index (χ3v) is 4.70. The molecule has 0 spiro atoms. The van der Waals surface area contributed by atoms with E-state index in [1.807, 2.05) is 59.3 Å². The monoisotopic (exact) mass is 441 g/mol. The number of nitrogens with zero attached hydrogens (tertiary/aromatic N) is 2. The summed E-state index contributed by atoms with van der Waals surface area (Å²) >= 11 is 9.33. The standard InChI is InChI=1S/C20H13BrClN3O2/c21-14-3-8-18-13(10-14)11-19(27-18)20(26)24-23-12-17-2-1-9-25(17)16-6-4-15(22)5-7-16/h1-12H,(H,24,26)/b23-12+. The van der Waals surface area contributed by atoms with Crippen molar-refractivity contribution in [1.82, 2.24) is 9.99 Å². The zero-order chi connectivity index (χ0) is 18.8. The van der Waals surface area contributed by atoms with Crippen molar-refractivity contribution in [3.05, 3.63) is 87.8 Å². The molecule has 1 amide bonds. The predicted molar refractivity (Wildman–Crippen MR) is 110 cm³/mol. The number of amides is 1. The van der Waals surface area contributed by atoms with E-state index in [0.29, 0.717) is 10.6 Å². The van der Waals surface area contributed by atoms with Crippen molar-refractivity contribution >= 4 is 50.6 Å². The van der Waals surface area contributed by atoms with Crippen LogP contribution >= 0.6 is 27.5 Å². The number of hydrazone groups is 1. The molecule has 0 atom stereocenters. The molecule has 0 aliphatic carbocycles. The first kappa shape index (κ1) is 17.6. The second-order valence-electron chi connectivity index (χ2n) is 5.77. The second kappa shape index (κ2) is 7.42. The number of halogens is 2. The molecular formula is C20H13BrClN3O2. The van der Waals surface area contributed by atoms with Crippen LogP contribution in [0.5, 0.6) is 0 Å². The zero-order valence-electron chi connectivity index (χ0n) is 13.9. The van der Waals surface area contributed by atoms with Crippen molar-refractivity contribution in [2.24, 2.45) is 5.10 Å². The van der Waals surface area contributed by atoms with Crippen LogP contribution in [0.3, 0.4) is 0 Å². The molecule has 2 heterocycles. The molecule has 27 heavy (non-hydrogen) atoms. The molecule has 0 bridgehead atoms. The molecule has 1 N–H and O–H groups in total. The lowest BCUT2D eigenvalue weighted by atomic mass is 10.2. The van der Waals surface area contributed by atoms with Crippen LogP contribution in [0, 0.1) is 0 Å². The van der Waals surface area contributed by atoms with Crippen LogP contribution in [-0.4, -0.2) is 16.7 Å². The van der Waals surface area contributed by atoms with E-state index in [1.165, 1.54) is 0 Å². The first-order chi connectivity index (χ1) is 13.1. The normalized spacial score (nSPS) is 11.3. The van der Waals surface area contributed by atoms with Gasteiger partial charge in [-0.3, -0.25) is 4.79 Å². The van der Waals surface area contributed by atoms with E-state index in [9.17, 15) is 4.79 Å². The highest BCUT2D eigenvalue weighted by Crippen LogP contribution is 2.23. The van der Waals surface area contributed by atoms with Gasteiger partial charge < -0.3 is 8.98 Å². The van der Waals surface area contributed by atoms with E-state index in [2.05, 4.69) is 26.5 Å². The summed E-state index contributed by atoms with van der Waals surface area (Å²) in [6.45, 7) is 0. The lowest BCUT2D eigenvalue weighted by Gasteiger charge is -2.06. The van der Waals surface area contributed by atoms with Gasteiger partial charge in [0, 0.05) is 26.8 Å². The van der Waals surface area contributed by atoms with Crippen LogP contribution in [0.1, 0.15) is 16.2 Å². The number of hydrogen-bond acceptors (Lipinski definition) is 3. The second-order valence-corrected chi connectivity index (χ2v) is 7.12. The number of fused-ring (bicyclic) bond motifs is 1. The van der Waals surface area contributed by atoms with Gasteiger partial charge in [0.25, 0.3) is 0 Å². The van der Waals surface area contributed by atoms with Crippen LogP contribution in [0.25, 0.3) is 16.7 Å². The maximum atomic E-state index is 12.3. The number of carbonyl (C=O) groups excluding carboxylic acids is 1. The van der Waals surface area contributed by atoms with Gasteiger partial charge in [-0.2, -0.15) is 5.10 Å². The maximum absolute atomic E-state index is 12.3. The Bertz CT molecular complexity index is 1150. The Morgan fingerprint density at radius 3 is 2.78 bits per heavy atom. The highest BCUT2D eigenvalue weighted by atomic mass is 79.9. The Kier molecular flexibility index (Phi) is 4.83. The van der Waals surface area contributed by atoms with E-state index in [0.717, 1.165) is 21.2 Å². The molecule has 0 saturated carbocycles. The molecule has 4 rings (SSSR count). The van der Waals surface area contributed by atoms with Crippen molar-refractivity contribution < 1.29 is 9.21 Å². The summed E-state index contributed by atoms with van der Waals surface area (Å²) < 4.78 is 8.41. The van der Waals surface area contributed by atoms with Crippen molar-refractivity contribution in [3.63, 3.8) is 0 Å². The minimum atomic E-state index is -0.414. The molecule has 0 aliphatic heterocycles. The van der Waals surface area contributed by atoms with Gasteiger partial charge in [-0.05, 0) is 60.7 Å². The molecular weight excluding hydrogens is 430 g/mol. The Morgan fingerprint density at radius 2 is 1.96 bits per heavy atom. The average Bonchev–Trinajstić information content (AvgIpc) is 3.29. The summed E-state index contributed by atoms with van der Waals surface area (Å²) in [5.74, 6) is -0.212. The summed E-state index contributed by atoms with van der Waals surface area (Å²) in [6.07, 6.45) is 3.48. The Balaban J connectivity index is 1.50. The number of benzene rings is 2. The van der Waals surface area contributed by atoms with E-state index < -0.39 is 5.91 Å². The largest absolute Gasteiger partial charge is 0.451 e. The van der Waals surface area contributed by atoms with E-state index >= 15 is 0 Å². The lowest BCUT2D eigenvalue weighted by Crippen LogP contribution is -2.17. The molecule has 0 saturated heterocycles. The third-order valence-electron chi connectivity index (χ3n) is 3.95. The van der Waals surface area contributed by atoms with Crippen LogP contribution in [0.15, 0.2) is 80.9 Å². The van der Waals surface area contributed by atoms with Crippen molar-refractivity contribution in [1.29, 1.82) is 0 Å². The Morgan fingerprint density at radius 1 is 1.15 bits per heavy atom. The quantitative estimate of drug-likeness (QED) is 0.340. The fraction of sp³-hybridized carbons (Fsp3) is 0. The Hall–Kier alpha value is -2.83. The first-order valence-corrected chi connectivity index (χ1v) is 9.23. The number of rotatable bonds is 4. The first-order valence-electron chi connectivity index (χ1n) is 8.06. The zero-order valence-corrected chi connectivity index (χ0v) is 16.2. The maximum Gasteiger partial charge on any atom is 0.307 e.